The number of halogens is 1. The highest BCUT2D eigenvalue weighted by Gasteiger charge is 2.41. The average molecular weight is 301 g/mol. The van der Waals surface area contributed by atoms with Crippen LogP contribution in [0.25, 0.3) is 0 Å². The molecular weight excluding hydrogens is 288 g/mol. The van der Waals surface area contributed by atoms with E-state index in [1.165, 1.54) is 6.07 Å². The van der Waals surface area contributed by atoms with Crippen LogP contribution in [0.3, 0.4) is 0 Å². The number of anilines is 1. The van der Waals surface area contributed by atoms with Crippen LogP contribution >= 0.6 is 15.9 Å². The molecule has 1 saturated heterocycles. The molecule has 0 amide bonds. The second-order valence-electron chi connectivity index (χ2n) is 4.32. The van der Waals surface area contributed by atoms with Crippen molar-refractivity contribution in [1.82, 2.24) is 0 Å². The fourth-order valence-corrected chi connectivity index (χ4v) is 2.31. The molecule has 0 atom stereocenters. The van der Waals surface area contributed by atoms with Crippen molar-refractivity contribution in [1.29, 1.82) is 0 Å². The number of hydrogen-bond acceptors (Lipinski definition) is 4. The van der Waals surface area contributed by atoms with Gasteiger partial charge in [-0.3, -0.25) is 10.1 Å². The molecule has 1 aromatic rings. The first-order valence-electron chi connectivity index (χ1n) is 5.36. The molecule has 0 aromatic heterocycles. The SMILES string of the molecule is CCC1(O)CN(c2cc(Br)ccc2[N+](=O)[O-])C1. The van der Waals surface area contributed by atoms with Crippen LogP contribution in [-0.4, -0.2) is 28.7 Å². The lowest BCUT2D eigenvalue weighted by Crippen LogP contribution is -2.61. The first-order chi connectivity index (χ1) is 7.95. The second-order valence-corrected chi connectivity index (χ2v) is 5.24. The fourth-order valence-electron chi connectivity index (χ4n) is 1.96. The van der Waals surface area contributed by atoms with Crippen LogP contribution in [0.4, 0.5) is 11.4 Å². The van der Waals surface area contributed by atoms with Crippen molar-refractivity contribution in [3.8, 4) is 0 Å². The Kier molecular flexibility index (Phi) is 3.09. The summed E-state index contributed by atoms with van der Waals surface area (Å²) in [4.78, 5) is 12.3. The molecule has 1 fully saturated rings. The molecule has 5 nitrogen and oxygen atoms in total. The summed E-state index contributed by atoms with van der Waals surface area (Å²) in [6.45, 7) is 2.80. The highest BCUT2D eigenvalue weighted by atomic mass is 79.9. The molecule has 0 bridgehead atoms. The van der Waals surface area contributed by atoms with E-state index in [0.717, 1.165) is 4.47 Å². The van der Waals surface area contributed by atoms with E-state index < -0.39 is 10.5 Å². The Morgan fingerprint density at radius 3 is 2.76 bits per heavy atom. The minimum atomic E-state index is -0.698. The Morgan fingerprint density at radius 1 is 1.59 bits per heavy atom. The first kappa shape index (κ1) is 12.3. The van der Waals surface area contributed by atoms with Gasteiger partial charge in [-0.2, -0.15) is 0 Å². The van der Waals surface area contributed by atoms with Crippen LogP contribution in [0.1, 0.15) is 13.3 Å². The molecular formula is C11H13BrN2O3. The van der Waals surface area contributed by atoms with Crippen LogP contribution in [0.15, 0.2) is 22.7 Å². The zero-order valence-electron chi connectivity index (χ0n) is 9.39. The standard InChI is InChI=1S/C11H13BrN2O3/c1-2-11(15)6-13(7-11)10-5-8(12)3-4-9(10)14(16)17/h3-5,15H,2,6-7H2,1H3. The topological polar surface area (TPSA) is 66.6 Å². The summed E-state index contributed by atoms with van der Waals surface area (Å²) in [5.41, 5.74) is -0.0650. The predicted molar refractivity (Wildman–Crippen MR) is 68.3 cm³/mol. The molecule has 1 N–H and O–H groups in total. The monoisotopic (exact) mass is 300 g/mol. The third-order valence-electron chi connectivity index (χ3n) is 3.10. The zero-order chi connectivity index (χ0) is 12.6. The molecule has 1 aliphatic rings. The van der Waals surface area contributed by atoms with Crippen LogP contribution in [-0.2, 0) is 0 Å². The smallest absolute Gasteiger partial charge is 0.292 e. The number of rotatable bonds is 3. The largest absolute Gasteiger partial charge is 0.386 e. The number of aliphatic hydroxyl groups is 1. The Morgan fingerprint density at radius 2 is 2.24 bits per heavy atom. The van der Waals surface area contributed by atoms with Gasteiger partial charge in [-0.05, 0) is 18.6 Å². The van der Waals surface area contributed by atoms with E-state index >= 15 is 0 Å². The molecule has 0 spiro atoms. The van der Waals surface area contributed by atoms with Crippen molar-refractivity contribution in [3.05, 3.63) is 32.8 Å². The van der Waals surface area contributed by atoms with E-state index in [1.807, 2.05) is 11.8 Å². The molecule has 1 aliphatic heterocycles. The summed E-state index contributed by atoms with van der Waals surface area (Å²) >= 11 is 3.30. The highest BCUT2D eigenvalue weighted by Crippen LogP contribution is 2.37. The second kappa shape index (κ2) is 4.27. The minimum absolute atomic E-state index is 0.0753. The molecule has 0 radical (unpaired) electrons. The van der Waals surface area contributed by atoms with Gasteiger partial charge in [0, 0.05) is 23.6 Å². The number of benzene rings is 1. The van der Waals surface area contributed by atoms with Gasteiger partial charge < -0.3 is 10.0 Å². The molecule has 92 valence electrons. The van der Waals surface area contributed by atoms with Crippen molar-refractivity contribution in [2.24, 2.45) is 0 Å². The van der Waals surface area contributed by atoms with Gasteiger partial charge in [0.25, 0.3) is 5.69 Å². The van der Waals surface area contributed by atoms with Gasteiger partial charge in [0.1, 0.15) is 5.69 Å². The third-order valence-corrected chi connectivity index (χ3v) is 3.60. The van der Waals surface area contributed by atoms with Crippen LogP contribution in [0.5, 0.6) is 0 Å². The maximum absolute atomic E-state index is 10.9. The fraction of sp³-hybridized carbons (Fsp3) is 0.455. The first-order valence-corrected chi connectivity index (χ1v) is 6.16. The van der Waals surface area contributed by atoms with Crippen molar-refractivity contribution in [2.75, 3.05) is 18.0 Å². The predicted octanol–water partition coefficient (Wildman–Crippen LogP) is 2.32. The van der Waals surface area contributed by atoms with E-state index in [4.69, 9.17) is 0 Å². The quantitative estimate of drug-likeness (QED) is 0.687. The Labute approximate surface area is 107 Å². The molecule has 2 rings (SSSR count). The molecule has 0 unspecified atom stereocenters. The third kappa shape index (κ3) is 2.28. The van der Waals surface area contributed by atoms with Gasteiger partial charge in [-0.25, -0.2) is 0 Å². The lowest BCUT2D eigenvalue weighted by atomic mass is 9.90. The zero-order valence-corrected chi connectivity index (χ0v) is 11.0. The maximum atomic E-state index is 10.9. The summed E-state index contributed by atoms with van der Waals surface area (Å²) in [6, 6.07) is 4.84. The number of nitro benzene ring substituents is 1. The van der Waals surface area contributed by atoms with Gasteiger partial charge in [0.15, 0.2) is 0 Å². The summed E-state index contributed by atoms with van der Waals surface area (Å²) in [7, 11) is 0. The van der Waals surface area contributed by atoms with Crippen molar-refractivity contribution >= 4 is 27.3 Å². The van der Waals surface area contributed by atoms with Gasteiger partial charge in [0.2, 0.25) is 0 Å². The van der Waals surface area contributed by atoms with Crippen LogP contribution in [0, 0.1) is 10.1 Å². The molecule has 1 heterocycles. The number of nitro groups is 1. The maximum Gasteiger partial charge on any atom is 0.292 e. The Balaban J connectivity index is 2.27. The van der Waals surface area contributed by atoms with E-state index in [2.05, 4.69) is 15.9 Å². The minimum Gasteiger partial charge on any atom is -0.386 e. The molecule has 6 heteroatoms. The van der Waals surface area contributed by atoms with E-state index in [-0.39, 0.29) is 5.69 Å². The van der Waals surface area contributed by atoms with E-state index in [0.29, 0.717) is 25.2 Å². The molecule has 0 saturated carbocycles. The summed E-state index contributed by atoms with van der Waals surface area (Å²) < 4.78 is 0.796. The van der Waals surface area contributed by atoms with E-state index in [9.17, 15) is 15.2 Å². The summed E-state index contributed by atoms with van der Waals surface area (Å²) in [6.07, 6.45) is 0.658. The van der Waals surface area contributed by atoms with Crippen molar-refractivity contribution in [2.45, 2.75) is 18.9 Å². The summed E-state index contributed by atoms with van der Waals surface area (Å²) in [5.74, 6) is 0. The number of nitrogens with zero attached hydrogens (tertiary/aromatic N) is 2. The van der Waals surface area contributed by atoms with Crippen LogP contribution in [0.2, 0.25) is 0 Å². The Bertz CT molecular complexity index is 458. The normalized spacial score (nSPS) is 17.7. The van der Waals surface area contributed by atoms with Gasteiger partial charge in [0.05, 0.1) is 10.5 Å². The van der Waals surface area contributed by atoms with Crippen molar-refractivity contribution < 1.29 is 10.0 Å². The lowest BCUT2D eigenvalue weighted by Gasteiger charge is -2.47. The van der Waals surface area contributed by atoms with E-state index in [1.54, 1.807) is 12.1 Å². The molecule has 0 aliphatic carbocycles. The highest BCUT2D eigenvalue weighted by molar-refractivity contribution is 9.10. The van der Waals surface area contributed by atoms with Gasteiger partial charge >= 0.3 is 0 Å². The lowest BCUT2D eigenvalue weighted by molar-refractivity contribution is -0.384. The van der Waals surface area contributed by atoms with Gasteiger partial charge in [-0.15, -0.1) is 0 Å². The number of hydrogen-bond donors (Lipinski definition) is 1. The average Bonchev–Trinajstić information content (AvgIpc) is 2.24. The van der Waals surface area contributed by atoms with Crippen LogP contribution < -0.4 is 4.90 Å². The van der Waals surface area contributed by atoms with Gasteiger partial charge in [-0.1, -0.05) is 22.9 Å². The molecule has 1 aromatic carbocycles. The number of β-amino-alcohol motifs (C(OH)–C–C–N with tert-alkyl or cyclic N) is 1. The molecule has 17 heavy (non-hydrogen) atoms. The Hall–Kier alpha value is -1.14. The summed E-state index contributed by atoms with van der Waals surface area (Å²) in [5, 5.41) is 20.8. The van der Waals surface area contributed by atoms with Crippen molar-refractivity contribution in [3.63, 3.8) is 0 Å².